The molecule has 2 unspecified atom stereocenters. The van der Waals surface area contributed by atoms with Crippen LogP contribution in [0.15, 0.2) is 0 Å². The van der Waals surface area contributed by atoms with Gasteiger partial charge in [0.25, 0.3) is 0 Å². The molecular weight excluding hydrogens is 228 g/mol. The summed E-state index contributed by atoms with van der Waals surface area (Å²) in [5.41, 5.74) is -0.442. The SMILES string of the molecule is C#CC(NCC)C1CCN(C(=O)OC(C)(C)C)C1. The Morgan fingerprint density at radius 1 is 1.61 bits per heavy atom. The van der Waals surface area contributed by atoms with E-state index in [1.165, 1.54) is 0 Å². The maximum Gasteiger partial charge on any atom is 0.410 e. The fraction of sp³-hybridized carbons (Fsp3) is 0.786. The maximum atomic E-state index is 11.9. The Bertz CT molecular complexity index is 328. The Kier molecular flexibility index (Phi) is 5.03. The molecule has 0 aliphatic carbocycles. The number of hydrogen-bond acceptors (Lipinski definition) is 3. The Morgan fingerprint density at radius 2 is 2.28 bits per heavy atom. The van der Waals surface area contributed by atoms with Gasteiger partial charge in [-0.15, -0.1) is 6.42 Å². The van der Waals surface area contributed by atoms with Crippen LogP contribution in [0.4, 0.5) is 4.79 Å². The van der Waals surface area contributed by atoms with E-state index < -0.39 is 5.60 Å². The molecule has 1 saturated heterocycles. The highest BCUT2D eigenvalue weighted by Crippen LogP contribution is 2.21. The molecule has 1 amide bonds. The summed E-state index contributed by atoms with van der Waals surface area (Å²) in [6.45, 7) is 9.91. The van der Waals surface area contributed by atoms with Crippen LogP contribution in [0, 0.1) is 18.3 Å². The molecule has 4 nitrogen and oxygen atoms in total. The molecule has 2 atom stereocenters. The van der Waals surface area contributed by atoms with Gasteiger partial charge in [0.15, 0.2) is 0 Å². The lowest BCUT2D eigenvalue weighted by Crippen LogP contribution is -2.39. The smallest absolute Gasteiger partial charge is 0.410 e. The van der Waals surface area contributed by atoms with Crippen LogP contribution in [0.1, 0.15) is 34.1 Å². The first kappa shape index (κ1) is 14.8. The van der Waals surface area contributed by atoms with Gasteiger partial charge in [0.05, 0.1) is 6.04 Å². The van der Waals surface area contributed by atoms with Crippen LogP contribution >= 0.6 is 0 Å². The predicted molar refractivity (Wildman–Crippen MR) is 72.2 cm³/mol. The Morgan fingerprint density at radius 3 is 2.78 bits per heavy atom. The molecule has 0 saturated carbocycles. The van der Waals surface area contributed by atoms with Crippen molar-refractivity contribution >= 4 is 6.09 Å². The first-order valence-electron chi connectivity index (χ1n) is 6.54. The standard InChI is InChI=1S/C14H24N2O2/c1-6-12(15-7-2)11-8-9-16(10-11)13(17)18-14(3,4)5/h1,11-12,15H,7-10H2,2-5H3. The fourth-order valence-electron chi connectivity index (χ4n) is 2.13. The predicted octanol–water partition coefficient (Wildman–Crippen LogP) is 1.85. The number of terminal acetylenes is 1. The highest BCUT2D eigenvalue weighted by molar-refractivity contribution is 5.68. The average molecular weight is 252 g/mol. The molecule has 1 aliphatic rings. The largest absolute Gasteiger partial charge is 0.444 e. The second-order valence-corrected chi connectivity index (χ2v) is 5.68. The molecule has 0 aromatic heterocycles. The maximum absolute atomic E-state index is 11.9. The van der Waals surface area contributed by atoms with Gasteiger partial charge in [0, 0.05) is 19.0 Å². The van der Waals surface area contributed by atoms with Gasteiger partial charge in [0.2, 0.25) is 0 Å². The lowest BCUT2D eigenvalue weighted by Gasteiger charge is -2.25. The summed E-state index contributed by atoms with van der Waals surface area (Å²) in [4.78, 5) is 13.7. The first-order valence-corrected chi connectivity index (χ1v) is 6.54. The minimum absolute atomic E-state index is 0.0439. The Hall–Kier alpha value is -1.21. The number of likely N-dealkylation sites (tertiary alicyclic amines) is 1. The van der Waals surface area contributed by atoms with Gasteiger partial charge < -0.3 is 15.0 Å². The van der Waals surface area contributed by atoms with Crippen molar-refractivity contribution in [2.45, 2.75) is 45.8 Å². The summed E-state index contributed by atoms with van der Waals surface area (Å²) >= 11 is 0. The zero-order valence-corrected chi connectivity index (χ0v) is 11.8. The zero-order chi connectivity index (χ0) is 13.8. The van der Waals surface area contributed by atoms with Crippen molar-refractivity contribution in [3.05, 3.63) is 0 Å². The molecule has 4 heteroatoms. The van der Waals surface area contributed by atoms with E-state index in [0.29, 0.717) is 12.5 Å². The van der Waals surface area contributed by atoms with Gasteiger partial charge in [-0.3, -0.25) is 0 Å². The van der Waals surface area contributed by atoms with Crippen LogP contribution < -0.4 is 5.32 Å². The number of hydrogen-bond donors (Lipinski definition) is 1. The quantitative estimate of drug-likeness (QED) is 0.779. The van der Waals surface area contributed by atoms with Crippen molar-refractivity contribution in [3.8, 4) is 12.3 Å². The Labute approximate surface area is 110 Å². The van der Waals surface area contributed by atoms with Gasteiger partial charge in [-0.2, -0.15) is 0 Å². The van der Waals surface area contributed by atoms with Gasteiger partial charge in [-0.05, 0) is 33.7 Å². The van der Waals surface area contributed by atoms with Crippen LogP contribution in [0.25, 0.3) is 0 Å². The lowest BCUT2D eigenvalue weighted by atomic mass is 10.00. The van der Waals surface area contributed by atoms with Crippen LogP contribution in [0.3, 0.4) is 0 Å². The van der Waals surface area contributed by atoms with E-state index in [-0.39, 0.29) is 12.1 Å². The number of carbonyl (C=O) groups excluding carboxylic acids is 1. The van der Waals surface area contributed by atoms with Crippen molar-refractivity contribution < 1.29 is 9.53 Å². The van der Waals surface area contributed by atoms with E-state index in [4.69, 9.17) is 11.2 Å². The molecule has 0 spiro atoms. The number of rotatable bonds is 3. The highest BCUT2D eigenvalue weighted by Gasteiger charge is 2.32. The number of carbonyl (C=O) groups is 1. The fourth-order valence-corrected chi connectivity index (χ4v) is 2.13. The van der Waals surface area contributed by atoms with Crippen molar-refractivity contribution in [2.75, 3.05) is 19.6 Å². The van der Waals surface area contributed by atoms with Gasteiger partial charge in [0.1, 0.15) is 5.60 Å². The van der Waals surface area contributed by atoms with Gasteiger partial charge in [-0.1, -0.05) is 12.8 Å². The van der Waals surface area contributed by atoms with Crippen molar-refractivity contribution in [3.63, 3.8) is 0 Å². The highest BCUT2D eigenvalue weighted by atomic mass is 16.6. The number of ether oxygens (including phenoxy) is 1. The third kappa shape index (κ3) is 4.23. The van der Waals surface area contributed by atoms with Gasteiger partial charge >= 0.3 is 6.09 Å². The second-order valence-electron chi connectivity index (χ2n) is 5.68. The average Bonchev–Trinajstić information content (AvgIpc) is 2.72. The normalized spacial score (nSPS) is 21.5. The minimum Gasteiger partial charge on any atom is -0.444 e. The third-order valence-corrected chi connectivity index (χ3v) is 2.95. The minimum atomic E-state index is -0.442. The van der Waals surface area contributed by atoms with Crippen molar-refractivity contribution in [1.29, 1.82) is 0 Å². The number of amides is 1. The summed E-state index contributed by atoms with van der Waals surface area (Å²) in [6.07, 6.45) is 6.21. The molecule has 102 valence electrons. The molecule has 1 N–H and O–H groups in total. The molecule has 0 aromatic carbocycles. The molecule has 18 heavy (non-hydrogen) atoms. The zero-order valence-electron chi connectivity index (χ0n) is 11.8. The van der Waals surface area contributed by atoms with E-state index in [2.05, 4.69) is 11.2 Å². The summed E-state index contributed by atoms with van der Waals surface area (Å²) < 4.78 is 5.36. The molecule has 0 bridgehead atoms. The van der Waals surface area contributed by atoms with Crippen molar-refractivity contribution in [1.82, 2.24) is 10.2 Å². The van der Waals surface area contributed by atoms with Crippen LogP contribution in [-0.2, 0) is 4.74 Å². The van der Waals surface area contributed by atoms with Crippen LogP contribution in [0.2, 0.25) is 0 Å². The molecule has 0 aromatic rings. The molecule has 1 heterocycles. The first-order chi connectivity index (χ1) is 8.37. The number of nitrogens with one attached hydrogen (secondary N) is 1. The summed E-state index contributed by atoms with van der Waals surface area (Å²) in [5.74, 6) is 3.08. The molecule has 1 aliphatic heterocycles. The molecular formula is C14H24N2O2. The van der Waals surface area contributed by atoms with Crippen molar-refractivity contribution in [2.24, 2.45) is 5.92 Å². The summed E-state index contributed by atoms with van der Waals surface area (Å²) in [6, 6.07) is 0.0439. The van der Waals surface area contributed by atoms with E-state index in [9.17, 15) is 4.79 Å². The second kappa shape index (κ2) is 6.10. The topological polar surface area (TPSA) is 41.6 Å². The van der Waals surface area contributed by atoms with Gasteiger partial charge in [-0.25, -0.2) is 4.79 Å². The molecule has 0 radical (unpaired) electrons. The number of nitrogens with zero attached hydrogens (tertiary/aromatic N) is 1. The Balaban J connectivity index is 2.51. The molecule has 1 fully saturated rings. The van der Waals surface area contributed by atoms with E-state index in [1.807, 2.05) is 27.7 Å². The van der Waals surface area contributed by atoms with Crippen LogP contribution in [0.5, 0.6) is 0 Å². The van der Waals surface area contributed by atoms with Crippen LogP contribution in [-0.4, -0.2) is 42.3 Å². The van der Waals surface area contributed by atoms with E-state index >= 15 is 0 Å². The summed E-state index contributed by atoms with van der Waals surface area (Å²) in [7, 11) is 0. The molecule has 1 rings (SSSR count). The lowest BCUT2D eigenvalue weighted by molar-refractivity contribution is 0.0287. The van der Waals surface area contributed by atoms with E-state index in [0.717, 1.165) is 19.5 Å². The summed E-state index contributed by atoms with van der Waals surface area (Å²) in [5, 5.41) is 3.27. The monoisotopic (exact) mass is 252 g/mol. The van der Waals surface area contributed by atoms with E-state index in [1.54, 1.807) is 4.90 Å². The third-order valence-electron chi connectivity index (χ3n) is 2.95.